The van der Waals surface area contributed by atoms with Gasteiger partial charge in [0.2, 0.25) is 7.38 Å². The van der Waals surface area contributed by atoms with Crippen molar-refractivity contribution in [2.24, 2.45) is 0 Å². The molecule has 0 heterocycles. The van der Waals surface area contributed by atoms with Crippen LogP contribution in [0.15, 0.2) is 237 Å². The van der Waals surface area contributed by atoms with Gasteiger partial charge in [-0.2, -0.15) is 0 Å². The van der Waals surface area contributed by atoms with Crippen molar-refractivity contribution in [1.82, 2.24) is 0 Å². The lowest BCUT2D eigenvalue weighted by atomic mass is 9.98. The zero-order valence-corrected chi connectivity index (χ0v) is 32.7. The van der Waals surface area contributed by atoms with Gasteiger partial charge in [0.1, 0.15) is 0 Å². The van der Waals surface area contributed by atoms with E-state index in [0.29, 0.717) is 0 Å². The first-order chi connectivity index (χ1) is 27.7. The van der Waals surface area contributed by atoms with E-state index in [1.54, 1.807) is 0 Å². The molecule has 2 heteroatoms. The summed E-state index contributed by atoms with van der Waals surface area (Å²) in [5.74, 6) is 0. The zero-order valence-electron chi connectivity index (χ0n) is 30.9. The Morgan fingerprint density at radius 2 is 0.429 bits per heavy atom. The van der Waals surface area contributed by atoms with Crippen molar-refractivity contribution in [3.63, 3.8) is 0 Å². The summed E-state index contributed by atoms with van der Waals surface area (Å²) in [5, 5.41) is 3.46. The molecule has 0 aliphatic rings. The monoisotopic (exact) mass is 750 g/mol. The largest absolute Gasteiger partial charge is 0.249 e. The van der Waals surface area contributed by atoms with E-state index in [2.05, 4.69) is 237 Å². The highest BCUT2D eigenvalue weighted by Gasteiger charge is 2.43. The average Bonchev–Trinajstić information content (AvgIpc) is 3.30. The molecule has 0 nitrogen and oxygen atoms in total. The molecule has 56 heavy (non-hydrogen) atoms. The molecule has 0 aliphatic carbocycles. The maximum Gasteiger partial charge on any atom is 0.249 e. The third-order valence-electron chi connectivity index (χ3n) is 10.7. The maximum absolute atomic E-state index is 8.91. The van der Waals surface area contributed by atoms with Crippen LogP contribution >= 0.6 is 11.1 Å². The van der Waals surface area contributed by atoms with Gasteiger partial charge in [-0.1, -0.05) is 218 Å². The summed E-state index contributed by atoms with van der Waals surface area (Å²) in [7, 11) is -3.46. The molecule has 0 amide bonds. The maximum atomic E-state index is 8.91. The van der Waals surface area contributed by atoms with Crippen molar-refractivity contribution >= 4 is 34.0 Å². The molecule has 0 atom stereocenters. The summed E-state index contributed by atoms with van der Waals surface area (Å²) in [5.41, 5.74) is 13.9. The highest BCUT2D eigenvalue weighted by atomic mass is 35.6. The summed E-state index contributed by atoms with van der Waals surface area (Å²) in [6.45, 7) is 0. The van der Waals surface area contributed by atoms with Crippen LogP contribution in [0.25, 0.3) is 66.8 Å². The first kappa shape index (κ1) is 35.2. The van der Waals surface area contributed by atoms with Gasteiger partial charge in [0.15, 0.2) is 0 Å². The molecule has 0 aromatic heterocycles. The van der Waals surface area contributed by atoms with Crippen LogP contribution in [-0.4, -0.2) is 7.38 Å². The van der Waals surface area contributed by atoms with Crippen LogP contribution in [-0.2, 0) is 0 Å². The van der Waals surface area contributed by atoms with Gasteiger partial charge in [-0.25, -0.2) is 0 Å². The summed E-state index contributed by atoms with van der Waals surface area (Å²) < 4.78 is 0. The Morgan fingerprint density at radius 1 is 0.214 bits per heavy atom. The van der Waals surface area contributed by atoms with Crippen molar-refractivity contribution < 1.29 is 0 Å². The molecule has 0 radical (unpaired) electrons. The van der Waals surface area contributed by atoms with Gasteiger partial charge >= 0.3 is 0 Å². The fourth-order valence-electron chi connectivity index (χ4n) is 7.97. The summed E-state index contributed by atoms with van der Waals surface area (Å²) in [6, 6.07) is 85.0. The third-order valence-corrected chi connectivity index (χ3v) is 16.1. The summed E-state index contributed by atoms with van der Waals surface area (Å²) in [6.07, 6.45) is 0. The van der Waals surface area contributed by atoms with Crippen molar-refractivity contribution in [2.45, 2.75) is 0 Å². The third kappa shape index (κ3) is 6.84. The molecule has 0 aliphatic heterocycles. The molecule has 0 N–H and O–H groups in total. The predicted octanol–water partition coefficient (Wildman–Crippen LogP) is 12.9. The Balaban J connectivity index is 1.40. The first-order valence-electron chi connectivity index (χ1n) is 19.1. The van der Waals surface area contributed by atoms with Gasteiger partial charge in [0.25, 0.3) is 0 Å². The lowest BCUT2D eigenvalue weighted by Crippen LogP contribution is -2.64. The second-order valence-corrected chi connectivity index (χ2v) is 18.8. The van der Waals surface area contributed by atoms with Gasteiger partial charge < -0.3 is 0 Å². The lowest BCUT2D eigenvalue weighted by Gasteiger charge is -2.33. The Labute approximate surface area is 335 Å². The van der Waals surface area contributed by atoms with Gasteiger partial charge in [0.05, 0.1) is 0 Å². The fraction of sp³-hybridized carbons (Fsp3) is 0. The summed E-state index contributed by atoms with van der Waals surface area (Å²) in [4.78, 5) is 0. The van der Waals surface area contributed by atoms with E-state index < -0.39 is 7.38 Å². The average molecular weight is 751 g/mol. The molecule has 9 aromatic rings. The minimum atomic E-state index is -3.46. The molecule has 9 rings (SSSR count). The molecule has 266 valence electrons. The number of hydrogen-bond acceptors (Lipinski definition) is 0. The van der Waals surface area contributed by atoms with Crippen LogP contribution in [0, 0.1) is 0 Å². The minimum absolute atomic E-state index is 1.14. The minimum Gasteiger partial charge on any atom is -0.149 e. The highest BCUT2D eigenvalue weighted by molar-refractivity contribution is 7.41. The van der Waals surface area contributed by atoms with Gasteiger partial charge in [0, 0.05) is 0 Å². The van der Waals surface area contributed by atoms with E-state index in [1.165, 1.54) is 16.7 Å². The molecule has 0 spiro atoms. The number of rotatable bonds is 9. The molecule has 0 fully saturated rings. The molecule has 0 saturated carbocycles. The lowest BCUT2D eigenvalue weighted by molar-refractivity contribution is 1.58. The van der Waals surface area contributed by atoms with Gasteiger partial charge in [-0.3, -0.25) is 0 Å². The van der Waals surface area contributed by atoms with E-state index in [-0.39, 0.29) is 0 Å². The van der Waals surface area contributed by atoms with Crippen molar-refractivity contribution in [3.8, 4) is 66.8 Å². The Hall–Kier alpha value is -6.51. The molecule has 0 bridgehead atoms. The van der Waals surface area contributed by atoms with Gasteiger partial charge in [-0.15, -0.1) is 11.1 Å². The van der Waals surface area contributed by atoms with Crippen LogP contribution in [0.2, 0.25) is 0 Å². The SMILES string of the molecule is Cl[Si](c1ccc(-c2ccccc2)cc1-c1ccccc1)(c1ccc(-c2ccccc2)cc1-c1ccccc1)c1ccc(-c2ccccc2)cc1-c1ccccc1. The Morgan fingerprint density at radius 3 is 0.661 bits per heavy atom. The number of halogens is 1. The van der Waals surface area contributed by atoms with Crippen molar-refractivity contribution in [1.29, 1.82) is 0 Å². The van der Waals surface area contributed by atoms with Crippen molar-refractivity contribution in [2.75, 3.05) is 0 Å². The molecular weight excluding hydrogens is 712 g/mol. The first-order valence-corrected chi connectivity index (χ1v) is 22.1. The highest BCUT2D eigenvalue weighted by Crippen LogP contribution is 2.35. The molecule has 9 aromatic carbocycles. The normalized spacial score (nSPS) is 11.3. The van der Waals surface area contributed by atoms with Crippen LogP contribution in [0.1, 0.15) is 0 Å². The molecule has 0 unspecified atom stereocenters. The molecule has 0 saturated heterocycles. The molecular formula is C54H39ClSi. The second kappa shape index (κ2) is 15.7. The van der Waals surface area contributed by atoms with E-state index in [0.717, 1.165) is 65.6 Å². The fourth-order valence-corrected chi connectivity index (χ4v) is 13.0. The Bertz CT molecular complexity index is 2410. The number of benzene rings is 9. The summed E-state index contributed by atoms with van der Waals surface area (Å²) >= 11 is 8.91. The van der Waals surface area contributed by atoms with E-state index in [9.17, 15) is 0 Å². The van der Waals surface area contributed by atoms with E-state index in [1.807, 2.05) is 0 Å². The van der Waals surface area contributed by atoms with E-state index in [4.69, 9.17) is 11.1 Å². The van der Waals surface area contributed by atoms with Crippen LogP contribution in [0.3, 0.4) is 0 Å². The van der Waals surface area contributed by atoms with Crippen LogP contribution < -0.4 is 15.6 Å². The van der Waals surface area contributed by atoms with Gasteiger partial charge in [-0.05, 0) is 101 Å². The topological polar surface area (TPSA) is 0 Å². The van der Waals surface area contributed by atoms with Crippen molar-refractivity contribution in [3.05, 3.63) is 237 Å². The number of hydrogen-bond donors (Lipinski definition) is 0. The van der Waals surface area contributed by atoms with Crippen LogP contribution in [0.5, 0.6) is 0 Å². The zero-order chi connectivity index (χ0) is 37.7. The van der Waals surface area contributed by atoms with E-state index >= 15 is 0 Å². The quantitative estimate of drug-likeness (QED) is 0.0783. The predicted molar refractivity (Wildman–Crippen MR) is 242 cm³/mol. The smallest absolute Gasteiger partial charge is 0.149 e. The standard InChI is InChI=1S/C54H39ClSi/c55-56(52-34-31-46(40-19-7-1-8-20-40)37-49(52)43-25-13-4-14-26-43,53-35-32-47(41-21-9-2-10-22-41)38-50(53)44-27-15-5-16-28-44)54-36-33-48(42-23-11-3-12-24-42)39-51(54)45-29-17-6-18-30-45/h1-39H. The Kier molecular flexibility index (Phi) is 9.86. The van der Waals surface area contributed by atoms with Crippen LogP contribution in [0.4, 0.5) is 0 Å². The second-order valence-electron chi connectivity index (χ2n) is 14.1.